The minimum absolute atomic E-state index is 0.0730. The van der Waals surface area contributed by atoms with E-state index in [2.05, 4.69) is 11.0 Å². The first-order chi connectivity index (χ1) is 16.4. The Bertz CT molecular complexity index is 1240. The average molecular weight is 477 g/mol. The molecule has 4 rings (SSSR count). The Morgan fingerprint density at radius 1 is 1.00 bits per heavy atom. The van der Waals surface area contributed by atoms with Crippen molar-refractivity contribution in [2.24, 2.45) is 0 Å². The monoisotopic (exact) mass is 476 g/mol. The number of nitriles is 1. The van der Waals surface area contributed by atoms with Crippen molar-refractivity contribution >= 4 is 28.9 Å². The highest BCUT2D eigenvalue weighted by Crippen LogP contribution is 2.33. The average Bonchev–Trinajstić information content (AvgIpc) is 3.11. The predicted octanol–water partition coefficient (Wildman–Crippen LogP) is 5.26. The van der Waals surface area contributed by atoms with Crippen molar-refractivity contribution in [3.63, 3.8) is 0 Å². The number of nitro benzene ring substituents is 1. The summed E-state index contributed by atoms with van der Waals surface area (Å²) in [7, 11) is 0. The number of amides is 1. The van der Waals surface area contributed by atoms with Gasteiger partial charge < -0.3 is 14.5 Å². The van der Waals surface area contributed by atoms with Crippen LogP contribution in [0.2, 0.25) is 5.02 Å². The molecule has 3 aromatic carbocycles. The summed E-state index contributed by atoms with van der Waals surface area (Å²) >= 11 is 5.84. The van der Waals surface area contributed by atoms with Crippen LogP contribution in [0, 0.1) is 21.4 Å². The SMILES string of the molecule is N#Cc1ccc(N2CCCN(C(=O)c3ccc(Oc4ccc(Cl)cc4[N+](=O)[O-])cc3)CC2)cc1. The van der Waals surface area contributed by atoms with Crippen LogP contribution in [-0.4, -0.2) is 41.9 Å². The molecule has 0 aliphatic carbocycles. The Kier molecular flexibility index (Phi) is 6.95. The van der Waals surface area contributed by atoms with Gasteiger partial charge in [0.25, 0.3) is 5.91 Å². The van der Waals surface area contributed by atoms with Crippen molar-refractivity contribution in [2.75, 3.05) is 31.1 Å². The maximum absolute atomic E-state index is 13.1. The molecular formula is C25H21ClN4O4. The Morgan fingerprint density at radius 2 is 1.74 bits per heavy atom. The third-order valence-electron chi connectivity index (χ3n) is 5.59. The molecule has 0 saturated carbocycles. The fourth-order valence-electron chi connectivity index (χ4n) is 3.82. The third kappa shape index (κ3) is 5.27. The van der Waals surface area contributed by atoms with Gasteiger partial charge >= 0.3 is 5.69 Å². The minimum Gasteiger partial charge on any atom is -0.450 e. The second kappa shape index (κ2) is 10.2. The molecular weight excluding hydrogens is 456 g/mol. The zero-order chi connectivity index (χ0) is 24.1. The second-order valence-electron chi connectivity index (χ2n) is 7.79. The van der Waals surface area contributed by atoms with Gasteiger partial charge in [-0.15, -0.1) is 0 Å². The van der Waals surface area contributed by atoms with Gasteiger partial charge in [-0.2, -0.15) is 5.26 Å². The van der Waals surface area contributed by atoms with Crippen LogP contribution in [0.3, 0.4) is 0 Å². The number of nitro groups is 1. The lowest BCUT2D eigenvalue weighted by Crippen LogP contribution is -2.35. The number of halogens is 1. The van der Waals surface area contributed by atoms with Gasteiger partial charge in [-0.3, -0.25) is 14.9 Å². The Balaban J connectivity index is 1.41. The van der Waals surface area contributed by atoms with E-state index in [1.807, 2.05) is 17.0 Å². The first-order valence-electron chi connectivity index (χ1n) is 10.7. The molecule has 1 fully saturated rings. The molecule has 0 atom stereocenters. The Hall–Kier alpha value is -4.09. The smallest absolute Gasteiger partial charge is 0.313 e. The summed E-state index contributed by atoms with van der Waals surface area (Å²) in [6, 6.07) is 20.3. The molecule has 0 N–H and O–H groups in total. The van der Waals surface area contributed by atoms with E-state index < -0.39 is 4.92 Å². The van der Waals surface area contributed by atoms with Gasteiger partial charge in [0.2, 0.25) is 5.75 Å². The first kappa shape index (κ1) is 23.1. The van der Waals surface area contributed by atoms with Gasteiger partial charge in [0.1, 0.15) is 5.75 Å². The Labute approximate surface area is 201 Å². The number of carbonyl (C=O) groups is 1. The number of hydrogen-bond acceptors (Lipinski definition) is 6. The third-order valence-corrected chi connectivity index (χ3v) is 5.83. The van der Waals surface area contributed by atoms with Crippen LogP contribution in [0.1, 0.15) is 22.3 Å². The van der Waals surface area contributed by atoms with Crippen LogP contribution in [0.5, 0.6) is 11.5 Å². The zero-order valence-corrected chi connectivity index (χ0v) is 18.9. The fourth-order valence-corrected chi connectivity index (χ4v) is 3.99. The normalized spacial score (nSPS) is 13.6. The molecule has 1 heterocycles. The molecule has 0 bridgehead atoms. The largest absolute Gasteiger partial charge is 0.450 e. The lowest BCUT2D eigenvalue weighted by Gasteiger charge is -2.24. The molecule has 1 amide bonds. The molecule has 1 aliphatic rings. The summed E-state index contributed by atoms with van der Waals surface area (Å²) in [5.74, 6) is 0.374. The van der Waals surface area contributed by atoms with Gasteiger partial charge in [-0.05, 0) is 67.1 Å². The number of hydrogen-bond donors (Lipinski definition) is 0. The number of benzene rings is 3. The van der Waals surface area contributed by atoms with Crippen LogP contribution in [0.15, 0.2) is 66.7 Å². The summed E-state index contributed by atoms with van der Waals surface area (Å²) < 4.78 is 5.65. The number of carbonyl (C=O) groups excluding carboxylic acids is 1. The number of ether oxygens (including phenoxy) is 1. The van der Waals surface area contributed by atoms with Crippen LogP contribution in [0.4, 0.5) is 11.4 Å². The maximum Gasteiger partial charge on any atom is 0.313 e. The molecule has 1 saturated heterocycles. The number of rotatable bonds is 5. The van der Waals surface area contributed by atoms with Gasteiger partial charge in [0, 0.05) is 48.5 Å². The summed E-state index contributed by atoms with van der Waals surface area (Å²) in [6.45, 7) is 2.73. The van der Waals surface area contributed by atoms with E-state index in [1.54, 1.807) is 36.4 Å². The molecule has 172 valence electrons. The van der Waals surface area contributed by atoms with Crippen LogP contribution >= 0.6 is 11.6 Å². The maximum atomic E-state index is 13.1. The van der Waals surface area contributed by atoms with Crippen molar-refractivity contribution in [2.45, 2.75) is 6.42 Å². The van der Waals surface area contributed by atoms with Crippen molar-refractivity contribution < 1.29 is 14.5 Å². The number of anilines is 1. The van der Waals surface area contributed by atoms with E-state index in [-0.39, 0.29) is 22.4 Å². The molecule has 34 heavy (non-hydrogen) atoms. The van der Waals surface area contributed by atoms with Crippen LogP contribution < -0.4 is 9.64 Å². The zero-order valence-electron chi connectivity index (χ0n) is 18.2. The van der Waals surface area contributed by atoms with Crippen molar-refractivity contribution in [3.8, 4) is 17.6 Å². The summed E-state index contributed by atoms with van der Waals surface area (Å²) in [6.07, 6.45) is 0.827. The molecule has 1 aliphatic heterocycles. The van der Waals surface area contributed by atoms with E-state index >= 15 is 0 Å². The van der Waals surface area contributed by atoms with Crippen molar-refractivity contribution in [1.29, 1.82) is 5.26 Å². The lowest BCUT2D eigenvalue weighted by molar-refractivity contribution is -0.385. The fraction of sp³-hybridized carbons (Fsp3) is 0.200. The van der Waals surface area contributed by atoms with Gasteiger partial charge in [-0.1, -0.05) is 11.6 Å². The standard InChI is InChI=1S/C25H21ClN4O4/c26-20-6-11-24(23(16-20)30(32)33)34-22-9-4-19(5-10-22)25(31)29-13-1-12-28(14-15-29)21-7-2-18(17-27)3-8-21/h2-11,16H,1,12-15H2. The van der Waals surface area contributed by atoms with Crippen molar-refractivity contribution in [3.05, 3.63) is 93.0 Å². The molecule has 0 radical (unpaired) electrons. The van der Waals surface area contributed by atoms with Gasteiger partial charge in [0.05, 0.1) is 16.6 Å². The van der Waals surface area contributed by atoms with Gasteiger partial charge in [-0.25, -0.2) is 0 Å². The van der Waals surface area contributed by atoms with E-state index in [0.29, 0.717) is 36.5 Å². The molecule has 0 aromatic heterocycles. The van der Waals surface area contributed by atoms with Crippen LogP contribution in [-0.2, 0) is 0 Å². The highest BCUT2D eigenvalue weighted by molar-refractivity contribution is 6.30. The topological polar surface area (TPSA) is 99.7 Å². The van der Waals surface area contributed by atoms with E-state index in [4.69, 9.17) is 21.6 Å². The Morgan fingerprint density at radius 3 is 2.41 bits per heavy atom. The van der Waals surface area contributed by atoms with E-state index in [9.17, 15) is 14.9 Å². The molecule has 3 aromatic rings. The lowest BCUT2D eigenvalue weighted by atomic mass is 10.2. The summed E-state index contributed by atoms with van der Waals surface area (Å²) in [5, 5.41) is 20.5. The van der Waals surface area contributed by atoms with Crippen LogP contribution in [0.25, 0.3) is 0 Å². The predicted molar refractivity (Wildman–Crippen MR) is 129 cm³/mol. The highest BCUT2D eigenvalue weighted by Gasteiger charge is 2.21. The van der Waals surface area contributed by atoms with Crippen molar-refractivity contribution in [1.82, 2.24) is 4.90 Å². The van der Waals surface area contributed by atoms with E-state index in [1.165, 1.54) is 18.2 Å². The molecule has 9 heteroatoms. The minimum atomic E-state index is -0.556. The van der Waals surface area contributed by atoms with Gasteiger partial charge in [0.15, 0.2) is 0 Å². The molecule has 0 unspecified atom stereocenters. The molecule has 0 spiro atoms. The first-order valence-corrected chi connectivity index (χ1v) is 11.1. The number of nitrogens with zero attached hydrogens (tertiary/aromatic N) is 4. The molecule has 8 nitrogen and oxygen atoms in total. The second-order valence-corrected chi connectivity index (χ2v) is 8.22. The summed E-state index contributed by atoms with van der Waals surface area (Å²) in [5.41, 5.74) is 1.94. The quantitative estimate of drug-likeness (QED) is 0.367. The summed E-state index contributed by atoms with van der Waals surface area (Å²) in [4.78, 5) is 27.8. The highest BCUT2D eigenvalue weighted by atomic mass is 35.5. The van der Waals surface area contributed by atoms with E-state index in [0.717, 1.165) is 18.7 Å².